The summed E-state index contributed by atoms with van der Waals surface area (Å²) in [5.74, 6) is 0.499. The molecular weight excluding hydrogens is 412 g/mol. The van der Waals surface area contributed by atoms with Gasteiger partial charge in [0.1, 0.15) is 5.75 Å². The van der Waals surface area contributed by atoms with Crippen molar-refractivity contribution in [1.82, 2.24) is 0 Å². The fourth-order valence-electron chi connectivity index (χ4n) is 2.99. The molecule has 0 saturated carbocycles. The molecule has 0 fully saturated rings. The summed E-state index contributed by atoms with van der Waals surface area (Å²) >= 11 is 0. The number of sulfonamides is 1. The summed E-state index contributed by atoms with van der Waals surface area (Å²) in [5.41, 5.74) is 3.08. The fourth-order valence-corrected chi connectivity index (χ4v) is 4.05. The van der Waals surface area contributed by atoms with Crippen LogP contribution in [0.5, 0.6) is 5.75 Å². The molecule has 0 unspecified atom stereocenters. The number of carbonyl (C=O) groups excluding carboxylic acids is 1. The van der Waals surface area contributed by atoms with Gasteiger partial charge in [0.2, 0.25) is 5.91 Å². The van der Waals surface area contributed by atoms with Crippen molar-refractivity contribution in [2.24, 2.45) is 0 Å². The predicted octanol–water partition coefficient (Wildman–Crippen LogP) is 4.77. The first-order chi connectivity index (χ1) is 14.9. The second kappa shape index (κ2) is 10.1. The predicted molar refractivity (Wildman–Crippen MR) is 123 cm³/mol. The molecule has 0 aliphatic heterocycles. The van der Waals surface area contributed by atoms with E-state index in [2.05, 4.69) is 10.0 Å². The van der Waals surface area contributed by atoms with E-state index in [1.807, 2.05) is 44.2 Å². The lowest BCUT2D eigenvalue weighted by Crippen LogP contribution is -2.14. The molecule has 0 saturated heterocycles. The van der Waals surface area contributed by atoms with E-state index >= 15 is 0 Å². The Morgan fingerprint density at radius 1 is 0.935 bits per heavy atom. The lowest BCUT2D eigenvalue weighted by Gasteiger charge is -2.11. The van der Waals surface area contributed by atoms with Crippen LogP contribution in [-0.4, -0.2) is 20.9 Å². The van der Waals surface area contributed by atoms with Crippen LogP contribution in [0.25, 0.3) is 0 Å². The third-order valence-corrected chi connectivity index (χ3v) is 6.04. The van der Waals surface area contributed by atoms with Gasteiger partial charge >= 0.3 is 0 Å². The number of benzene rings is 3. The Morgan fingerprint density at radius 3 is 2.29 bits per heavy atom. The van der Waals surface area contributed by atoms with Crippen LogP contribution < -0.4 is 14.8 Å². The molecule has 6 nitrogen and oxygen atoms in total. The minimum absolute atomic E-state index is 0.134. The molecule has 3 aromatic rings. The van der Waals surface area contributed by atoms with Crippen LogP contribution in [0.1, 0.15) is 24.5 Å². The van der Waals surface area contributed by atoms with E-state index < -0.39 is 10.0 Å². The first kappa shape index (κ1) is 22.4. The van der Waals surface area contributed by atoms with Crippen molar-refractivity contribution in [2.45, 2.75) is 31.6 Å². The molecule has 7 heteroatoms. The Hall–Kier alpha value is -3.32. The van der Waals surface area contributed by atoms with Crippen molar-refractivity contribution < 1.29 is 17.9 Å². The van der Waals surface area contributed by atoms with Crippen molar-refractivity contribution in [3.05, 3.63) is 83.9 Å². The zero-order chi connectivity index (χ0) is 22.3. The summed E-state index contributed by atoms with van der Waals surface area (Å²) in [6.07, 6.45) is 0.766. The van der Waals surface area contributed by atoms with Gasteiger partial charge in [-0.2, -0.15) is 0 Å². The highest BCUT2D eigenvalue weighted by Gasteiger charge is 2.14. The zero-order valence-corrected chi connectivity index (χ0v) is 18.4. The third-order valence-electron chi connectivity index (χ3n) is 4.64. The highest BCUT2D eigenvalue weighted by molar-refractivity contribution is 7.92. The highest BCUT2D eigenvalue weighted by atomic mass is 32.2. The van der Waals surface area contributed by atoms with Crippen molar-refractivity contribution in [2.75, 3.05) is 16.6 Å². The number of hydrogen-bond acceptors (Lipinski definition) is 4. The van der Waals surface area contributed by atoms with Crippen LogP contribution in [0.2, 0.25) is 0 Å². The van der Waals surface area contributed by atoms with Gasteiger partial charge in [-0.1, -0.05) is 42.0 Å². The molecule has 0 heterocycles. The Labute approximate surface area is 183 Å². The van der Waals surface area contributed by atoms with Gasteiger partial charge in [-0.3, -0.25) is 9.52 Å². The molecule has 2 N–H and O–H groups in total. The number of carbonyl (C=O) groups is 1. The van der Waals surface area contributed by atoms with Crippen LogP contribution >= 0.6 is 0 Å². The van der Waals surface area contributed by atoms with Crippen molar-refractivity contribution in [3.8, 4) is 5.75 Å². The summed E-state index contributed by atoms with van der Waals surface area (Å²) in [7, 11) is -3.67. The lowest BCUT2D eigenvalue weighted by molar-refractivity contribution is -0.116. The maximum atomic E-state index is 12.6. The van der Waals surface area contributed by atoms with Crippen LogP contribution in [-0.2, 0) is 21.2 Å². The van der Waals surface area contributed by atoms with Crippen LogP contribution in [0.15, 0.2) is 77.7 Å². The number of nitrogens with one attached hydrogen (secondary N) is 2. The van der Waals surface area contributed by atoms with E-state index in [1.165, 1.54) is 0 Å². The minimum atomic E-state index is -3.67. The molecule has 3 aromatic carbocycles. The van der Waals surface area contributed by atoms with E-state index in [1.54, 1.807) is 42.5 Å². The zero-order valence-electron chi connectivity index (χ0n) is 17.6. The van der Waals surface area contributed by atoms with Gasteiger partial charge in [0.25, 0.3) is 10.0 Å². The molecular formula is C24H26N2O4S. The van der Waals surface area contributed by atoms with Gasteiger partial charge < -0.3 is 10.1 Å². The van der Waals surface area contributed by atoms with Gasteiger partial charge in [0.15, 0.2) is 0 Å². The second-order valence-electron chi connectivity index (χ2n) is 7.09. The van der Waals surface area contributed by atoms with Gasteiger partial charge in [-0.05, 0) is 62.2 Å². The van der Waals surface area contributed by atoms with E-state index in [0.717, 1.165) is 11.1 Å². The fraction of sp³-hybridized carbons (Fsp3) is 0.208. The van der Waals surface area contributed by atoms with Crippen molar-refractivity contribution >= 4 is 27.3 Å². The number of para-hydroxylation sites is 2. The van der Waals surface area contributed by atoms with E-state index in [-0.39, 0.29) is 17.2 Å². The highest BCUT2D eigenvalue weighted by Crippen LogP contribution is 2.24. The largest absolute Gasteiger partial charge is 0.492 e. The van der Waals surface area contributed by atoms with E-state index in [9.17, 15) is 13.2 Å². The monoisotopic (exact) mass is 438 g/mol. The molecule has 0 aromatic heterocycles. The maximum Gasteiger partial charge on any atom is 0.261 e. The molecule has 3 rings (SSSR count). The summed E-state index contributed by atoms with van der Waals surface area (Å²) in [4.78, 5) is 12.5. The summed E-state index contributed by atoms with van der Waals surface area (Å²) < 4.78 is 33.2. The standard InChI is InChI=1S/C24H26N2O4S/c1-3-30-23-7-5-4-6-22(23)25-24(27)17-12-19-10-15-21(16-11-19)31(28,29)26-20-13-8-18(2)9-14-20/h4-11,13-16,26H,3,12,17H2,1-2H3,(H,25,27). The number of aryl methyl sites for hydroxylation is 2. The smallest absolute Gasteiger partial charge is 0.261 e. The molecule has 1 amide bonds. The minimum Gasteiger partial charge on any atom is -0.492 e. The first-order valence-electron chi connectivity index (χ1n) is 10.1. The van der Waals surface area contributed by atoms with Crippen molar-refractivity contribution in [1.29, 1.82) is 0 Å². The normalized spacial score (nSPS) is 11.0. The van der Waals surface area contributed by atoms with Gasteiger partial charge in [-0.25, -0.2) is 8.42 Å². The quantitative estimate of drug-likeness (QED) is 0.504. The molecule has 0 spiro atoms. The van der Waals surface area contributed by atoms with Crippen LogP contribution in [0, 0.1) is 6.92 Å². The number of amides is 1. The number of hydrogen-bond donors (Lipinski definition) is 2. The lowest BCUT2D eigenvalue weighted by atomic mass is 10.1. The van der Waals surface area contributed by atoms with Crippen molar-refractivity contribution in [3.63, 3.8) is 0 Å². The molecule has 0 aliphatic carbocycles. The molecule has 0 atom stereocenters. The first-order valence-corrected chi connectivity index (χ1v) is 11.6. The summed E-state index contributed by atoms with van der Waals surface area (Å²) in [6.45, 7) is 4.34. The third kappa shape index (κ3) is 6.33. The van der Waals surface area contributed by atoms with Crippen LogP contribution in [0.3, 0.4) is 0 Å². The SMILES string of the molecule is CCOc1ccccc1NC(=O)CCc1ccc(S(=O)(=O)Nc2ccc(C)cc2)cc1. The van der Waals surface area contributed by atoms with Gasteiger partial charge in [-0.15, -0.1) is 0 Å². The number of anilines is 2. The number of ether oxygens (including phenoxy) is 1. The number of rotatable bonds is 9. The Morgan fingerprint density at radius 2 is 1.61 bits per heavy atom. The average Bonchev–Trinajstić information content (AvgIpc) is 2.76. The van der Waals surface area contributed by atoms with Gasteiger partial charge in [0.05, 0.1) is 17.2 Å². The maximum absolute atomic E-state index is 12.6. The second-order valence-corrected chi connectivity index (χ2v) is 8.78. The van der Waals surface area contributed by atoms with E-state index in [0.29, 0.717) is 30.2 Å². The molecule has 0 bridgehead atoms. The molecule has 0 aliphatic rings. The molecule has 162 valence electrons. The van der Waals surface area contributed by atoms with Gasteiger partial charge in [0, 0.05) is 12.1 Å². The van der Waals surface area contributed by atoms with Crippen LogP contribution in [0.4, 0.5) is 11.4 Å². The Bertz CT molecular complexity index is 1130. The molecule has 0 radical (unpaired) electrons. The topological polar surface area (TPSA) is 84.5 Å². The summed E-state index contributed by atoms with van der Waals surface area (Å²) in [6, 6.07) is 21.0. The average molecular weight is 439 g/mol. The molecule has 31 heavy (non-hydrogen) atoms. The Balaban J connectivity index is 1.58. The summed E-state index contributed by atoms with van der Waals surface area (Å²) in [5, 5.41) is 2.86. The Kier molecular flexibility index (Phi) is 7.31. The van der Waals surface area contributed by atoms with E-state index in [4.69, 9.17) is 4.74 Å².